The quantitative estimate of drug-likeness (QED) is 0.275. The van der Waals surface area contributed by atoms with E-state index in [9.17, 15) is 23.8 Å². The van der Waals surface area contributed by atoms with Crippen LogP contribution in [-0.4, -0.2) is 54.9 Å². The van der Waals surface area contributed by atoms with Gasteiger partial charge in [-0.25, -0.2) is 23.7 Å². The first-order valence-electron chi connectivity index (χ1n) is 12.5. The fourth-order valence-corrected chi connectivity index (χ4v) is 5.85. The van der Waals surface area contributed by atoms with Gasteiger partial charge >= 0.3 is 0 Å². The molecule has 4 N–H and O–H groups in total. The zero-order chi connectivity index (χ0) is 28.2. The summed E-state index contributed by atoms with van der Waals surface area (Å²) in [6, 6.07) is 9.92. The number of carbonyl (C=O) groups is 1. The van der Waals surface area contributed by atoms with Gasteiger partial charge in [0.05, 0.1) is 23.9 Å². The standard InChI is InChI=1S/C28H23ClF2N6O3/c1-32-27(40)28-11-17(28)22(23(38)24(28)39)37-13-34-21-25(33-12-15-3-2-4-16(29)9-15)35-20(36-26(21)37)8-6-14-5-7-18(30)19(31)10-14/h2-5,7,9-10,13,17,22-24,38-39H,11-12H2,1H3,(H,32,40)(H,33,35,36)/t17?,22-,23?,24+,28-/m1/s1. The number of hydrogen-bond acceptors (Lipinski definition) is 7. The van der Waals surface area contributed by atoms with Crippen LogP contribution in [0.2, 0.25) is 5.02 Å². The number of rotatable bonds is 5. The Balaban J connectivity index is 1.42. The molecule has 1 amide bonds. The summed E-state index contributed by atoms with van der Waals surface area (Å²) in [6.45, 7) is 0.350. The molecule has 2 aromatic heterocycles. The van der Waals surface area contributed by atoms with E-state index in [1.54, 1.807) is 16.7 Å². The van der Waals surface area contributed by atoms with Crippen molar-refractivity contribution in [3.05, 3.63) is 82.4 Å². The summed E-state index contributed by atoms with van der Waals surface area (Å²) in [6.07, 6.45) is -0.587. The Hall–Kier alpha value is -4.11. The minimum Gasteiger partial charge on any atom is -0.389 e. The fourth-order valence-electron chi connectivity index (χ4n) is 5.64. The maximum atomic E-state index is 13.7. The van der Waals surface area contributed by atoms with Crippen LogP contribution in [0.4, 0.5) is 14.6 Å². The summed E-state index contributed by atoms with van der Waals surface area (Å²) < 4.78 is 28.7. The molecule has 40 heavy (non-hydrogen) atoms. The van der Waals surface area contributed by atoms with E-state index in [1.807, 2.05) is 12.1 Å². The third-order valence-corrected chi connectivity index (χ3v) is 7.89. The molecule has 0 bridgehead atoms. The molecule has 2 saturated carbocycles. The molecule has 2 aromatic carbocycles. The number of imidazole rings is 1. The number of aromatic nitrogens is 4. The molecular weight excluding hydrogens is 542 g/mol. The van der Waals surface area contributed by atoms with Crippen molar-refractivity contribution in [2.75, 3.05) is 12.4 Å². The van der Waals surface area contributed by atoms with E-state index in [0.717, 1.165) is 17.7 Å². The van der Waals surface area contributed by atoms with Gasteiger partial charge in [-0.2, -0.15) is 0 Å². The van der Waals surface area contributed by atoms with Crippen LogP contribution in [0.5, 0.6) is 0 Å². The van der Waals surface area contributed by atoms with Crippen LogP contribution in [0.3, 0.4) is 0 Å². The van der Waals surface area contributed by atoms with Crippen molar-refractivity contribution in [1.82, 2.24) is 24.8 Å². The van der Waals surface area contributed by atoms with Gasteiger partial charge in [-0.1, -0.05) is 29.7 Å². The van der Waals surface area contributed by atoms with Crippen LogP contribution in [0.1, 0.15) is 29.4 Å². The third kappa shape index (κ3) is 4.25. The monoisotopic (exact) mass is 564 g/mol. The first-order chi connectivity index (χ1) is 19.2. The Labute approximate surface area is 232 Å². The van der Waals surface area contributed by atoms with Crippen LogP contribution in [0.25, 0.3) is 11.2 Å². The lowest BCUT2D eigenvalue weighted by Gasteiger charge is -2.23. The number of halogens is 3. The van der Waals surface area contributed by atoms with E-state index in [-0.39, 0.29) is 23.2 Å². The lowest BCUT2D eigenvalue weighted by molar-refractivity contribution is -0.132. The first kappa shape index (κ1) is 26.1. The normalized spacial score (nSPS) is 24.8. The van der Waals surface area contributed by atoms with Gasteiger partial charge in [0, 0.05) is 30.1 Å². The lowest BCUT2D eigenvalue weighted by atomic mass is 9.98. The molecule has 6 rings (SSSR count). The molecule has 0 aliphatic heterocycles. The highest BCUT2D eigenvalue weighted by Gasteiger charge is 2.75. The van der Waals surface area contributed by atoms with E-state index in [0.29, 0.717) is 35.0 Å². The van der Waals surface area contributed by atoms with E-state index in [1.165, 1.54) is 19.4 Å². The second-order valence-electron chi connectivity index (χ2n) is 9.94. The average molecular weight is 565 g/mol. The molecule has 0 radical (unpaired) electrons. The summed E-state index contributed by atoms with van der Waals surface area (Å²) >= 11 is 6.12. The number of amides is 1. The zero-order valence-corrected chi connectivity index (χ0v) is 21.8. The molecule has 9 nitrogen and oxygen atoms in total. The second kappa shape index (κ2) is 9.82. The molecule has 204 valence electrons. The third-order valence-electron chi connectivity index (χ3n) is 7.65. The number of aliphatic hydroxyl groups excluding tert-OH is 2. The van der Waals surface area contributed by atoms with Crippen LogP contribution in [0.15, 0.2) is 48.8 Å². The Bertz CT molecular complexity index is 1720. The molecule has 4 aromatic rings. The van der Waals surface area contributed by atoms with E-state index in [2.05, 4.69) is 37.4 Å². The molecule has 2 heterocycles. The van der Waals surface area contributed by atoms with E-state index < -0.39 is 35.3 Å². The van der Waals surface area contributed by atoms with Crippen molar-refractivity contribution in [3.8, 4) is 11.8 Å². The number of nitrogens with one attached hydrogen (secondary N) is 2. The molecule has 2 fully saturated rings. The van der Waals surface area contributed by atoms with E-state index >= 15 is 0 Å². The van der Waals surface area contributed by atoms with Gasteiger partial charge in [0.15, 0.2) is 28.6 Å². The average Bonchev–Trinajstić information content (AvgIpc) is 3.48. The van der Waals surface area contributed by atoms with Crippen molar-refractivity contribution in [2.45, 2.75) is 31.2 Å². The van der Waals surface area contributed by atoms with Gasteiger partial charge in [0.2, 0.25) is 11.7 Å². The molecule has 2 aliphatic rings. The van der Waals surface area contributed by atoms with Crippen molar-refractivity contribution in [2.24, 2.45) is 11.3 Å². The van der Waals surface area contributed by atoms with Gasteiger partial charge in [0.25, 0.3) is 0 Å². The topological polar surface area (TPSA) is 125 Å². The molecule has 12 heteroatoms. The molecular formula is C28H23ClF2N6O3. The van der Waals surface area contributed by atoms with E-state index in [4.69, 9.17) is 11.6 Å². The highest BCUT2D eigenvalue weighted by Crippen LogP contribution is 2.67. The molecule has 0 saturated heterocycles. The van der Waals surface area contributed by atoms with Crippen LogP contribution < -0.4 is 10.6 Å². The number of carbonyl (C=O) groups excluding carboxylic acids is 1. The van der Waals surface area contributed by atoms with Crippen molar-refractivity contribution >= 4 is 34.5 Å². The number of fused-ring (bicyclic) bond motifs is 2. The van der Waals surface area contributed by atoms with Crippen LogP contribution in [-0.2, 0) is 11.3 Å². The summed E-state index contributed by atoms with van der Waals surface area (Å²) in [4.78, 5) is 26.2. The number of benzene rings is 2. The molecule has 5 atom stereocenters. The maximum absolute atomic E-state index is 13.7. The Morgan fingerprint density at radius 1 is 1.18 bits per heavy atom. The van der Waals surface area contributed by atoms with Crippen molar-refractivity contribution in [3.63, 3.8) is 0 Å². The van der Waals surface area contributed by atoms with Crippen LogP contribution >= 0.6 is 11.6 Å². The zero-order valence-electron chi connectivity index (χ0n) is 21.1. The summed E-state index contributed by atoms with van der Waals surface area (Å²) in [5, 5.41) is 28.2. The Morgan fingerprint density at radius 3 is 2.75 bits per heavy atom. The van der Waals surface area contributed by atoms with Crippen molar-refractivity contribution < 1.29 is 23.8 Å². The minimum atomic E-state index is -1.25. The fraction of sp³-hybridized carbons (Fsp3) is 0.286. The predicted octanol–water partition coefficient (Wildman–Crippen LogP) is 2.80. The Kier molecular flexibility index (Phi) is 6.41. The summed E-state index contributed by atoms with van der Waals surface area (Å²) in [5.41, 5.74) is 0.753. The Morgan fingerprint density at radius 2 is 2.00 bits per heavy atom. The van der Waals surface area contributed by atoms with Gasteiger partial charge in [-0.3, -0.25) is 4.79 Å². The van der Waals surface area contributed by atoms with Gasteiger partial charge < -0.3 is 25.4 Å². The maximum Gasteiger partial charge on any atom is 0.229 e. The highest BCUT2D eigenvalue weighted by molar-refractivity contribution is 6.30. The van der Waals surface area contributed by atoms with Gasteiger partial charge in [-0.05, 0) is 48.2 Å². The van der Waals surface area contributed by atoms with Gasteiger partial charge in [0.1, 0.15) is 6.10 Å². The highest BCUT2D eigenvalue weighted by atomic mass is 35.5. The molecule has 2 unspecified atom stereocenters. The smallest absolute Gasteiger partial charge is 0.229 e. The lowest BCUT2D eigenvalue weighted by Crippen LogP contribution is -2.41. The summed E-state index contributed by atoms with van der Waals surface area (Å²) in [7, 11) is 1.49. The number of aliphatic hydroxyl groups is 2. The predicted molar refractivity (Wildman–Crippen MR) is 142 cm³/mol. The number of anilines is 1. The minimum absolute atomic E-state index is 0.0639. The second-order valence-corrected chi connectivity index (χ2v) is 10.4. The van der Waals surface area contributed by atoms with Gasteiger partial charge in [-0.15, -0.1) is 0 Å². The van der Waals surface area contributed by atoms with Crippen LogP contribution in [0, 0.1) is 34.8 Å². The SMILES string of the molecule is CNC(=O)[C@]12CC1[C@@H](n1cnc3c(NCc4cccc(Cl)c4)nc(C#Cc4ccc(F)c(F)c4)nc31)C(O)[C@@H]2O. The number of hydrogen-bond donors (Lipinski definition) is 4. The number of nitrogens with zero attached hydrogens (tertiary/aromatic N) is 4. The molecule has 2 aliphatic carbocycles. The molecule has 0 spiro atoms. The summed E-state index contributed by atoms with van der Waals surface area (Å²) in [5.74, 6) is 3.29. The largest absolute Gasteiger partial charge is 0.389 e. The first-order valence-corrected chi connectivity index (χ1v) is 12.9. The van der Waals surface area contributed by atoms with Crippen molar-refractivity contribution in [1.29, 1.82) is 0 Å².